The van der Waals surface area contributed by atoms with Crippen molar-refractivity contribution < 1.29 is 9.47 Å². The van der Waals surface area contributed by atoms with Gasteiger partial charge in [0.1, 0.15) is 23.0 Å². The Balaban J connectivity index is 0.887. The number of hydrogen-bond donors (Lipinski definition) is 0. The minimum absolute atomic E-state index is 0.0369. The number of para-hydroxylation sites is 6. The minimum Gasteiger partial charge on any atom is -0.458 e. The predicted molar refractivity (Wildman–Crippen MR) is 376 cm³/mol. The van der Waals surface area contributed by atoms with Gasteiger partial charge in [0.05, 0.1) is 11.4 Å². The highest BCUT2D eigenvalue weighted by atomic mass is 16.5. The van der Waals surface area contributed by atoms with Crippen molar-refractivity contribution in [1.29, 1.82) is 0 Å². The van der Waals surface area contributed by atoms with Gasteiger partial charge >= 0.3 is 0 Å². The monoisotopic (exact) mass is 1150 g/mol. The molecular weight excluding hydrogens is 1090 g/mol. The Labute approximate surface area is 528 Å². The second-order valence-electron chi connectivity index (χ2n) is 25.8. The van der Waals surface area contributed by atoms with E-state index >= 15 is 0 Å². The summed E-state index contributed by atoms with van der Waals surface area (Å²) in [5, 5.41) is 0. The molecule has 0 amide bonds. The molecule has 4 aliphatic rings. The van der Waals surface area contributed by atoms with Crippen molar-refractivity contribution in [3.05, 3.63) is 342 Å². The highest BCUT2D eigenvalue weighted by molar-refractivity contribution is 6.97. The molecule has 426 valence electrons. The smallest absolute Gasteiger partial charge is 0.250 e. The van der Waals surface area contributed by atoms with Crippen LogP contribution < -0.4 is 47.2 Å². The summed E-state index contributed by atoms with van der Waals surface area (Å²) in [6.07, 6.45) is 0. The molecule has 0 spiro atoms. The van der Waals surface area contributed by atoms with E-state index in [1.807, 2.05) is 0 Å². The Morgan fingerprint density at radius 1 is 0.300 bits per heavy atom. The Kier molecular flexibility index (Phi) is 12.5. The first-order valence-corrected chi connectivity index (χ1v) is 31.6. The zero-order chi connectivity index (χ0) is 60.2. The minimum atomic E-state index is -0.168. The van der Waals surface area contributed by atoms with Crippen LogP contribution in [0.3, 0.4) is 0 Å². The summed E-state index contributed by atoms with van der Waals surface area (Å²) in [4.78, 5) is 2.45. The van der Waals surface area contributed by atoms with Crippen LogP contribution in [0.2, 0.25) is 0 Å². The topological polar surface area (TPSA) is 21.7 Å². The normalized spacial score (nSPS) is 14.5. The summed E-state index contributed by atoms with van der Waals surface area (Å²) in [6, 6.07) is 113. The molecular formula is C85H63B2NO2. The summed E-state index contributed by atoms with van der Waals surface area (Å²) in [5.41, 5.74) is 28.8. The number of anilines is 3. The van der Waals surface area contributed by atoms with E-state index in [4.69, 9.17) is 9.47 Å². The first kappa shape index (κ1) is 53.6. The van der Waals surface area contributed by atoms with Gasteiger partial charge in [-0.2, -0.15) is 0 Å². The Hall–Kier alpha value is -10.6. The third-order valence-electron chi connectivity index (χ3n) is 20.1. The third-order valence-corrected chi connectivity index (χ3v) is 20.1. The molecule has 90 heavy (non-hydrogen) atoms. The Morgan fingerprint density at radius 2 is 0.644 bits per heavy atom. The van der Waals surface area contributed by atoms with E-state index in [9.17, 15) is 0 Å². The SMILES string of the molecule is CC1(C)c2ccccc2C(c2ccc(-c3cc(-c4cccc(B5c6ccccc6Oc6ccccc65)c4)c(-c4ccc(N5c6ccccc6C(C)(C)c6ccccc65)cc4)cc3-c3cccc(B4c5ccccc5Oc5ccccc54)c3)cc2)c2ccccc21. The second-order valence-corrected chi connectivity index (χ2v) is 25.8. The van der Waals surface area contributed by atoms with Gasteiger partial charge in [0, 0.05) is 22.4 Å². The van der Waals surface area contributed by atoms with E-state index in [1.165, 1.54) is 61.2 Å². The van der Waals surface area contributed by atoms with Gasteiger partial charge in [-0.05, 0) is 166 Å². The quantitative estimate of drug-likeness (QED) is 0.142. The molecule has 13 aromatic rings. The molecule has 13 aromatic carbocycles. The Bertz CT molecular complexity index is 4500. The fraction of sp³-hybridized carbons (Fsp3) is 0.0824. The largest absolute Gasteiger partial charge is 0.458 e. The number of rotatable bonds is 8. The summed E-state index contributed by atoms with van der Waals surface area (Å²) in [7, 11) is 0. The molecule has 17 rings (SSSR count). The number of fused-ring (bicyclic) bond motifs is 8. The third kappa shape index (κ3) is 8.58. The predicted octanol–water partition coefficient (Wildman–Crippen LogP) is 17.5. The van der Waals surface area contributed by atoms with Gasteiger partial charge in [-0.1, -0.05) is 281 Å². The van der Waals surface area contributed by atoms with Crippen LogP contribution in [-0.2, 0) is 10.8 Å². The van der Waals surface area contributed by atoms with E-state index in [0.717, 1.165) is 95.0 Å². The van der Waals surface area contributed by atoms with Gasteiger partial charge in [-0.25, -0.2) is 0 Å². The molecule has 1 aliphatic carbocycles. The molecule has 3 aliphatic heterocycles. The molecule has 0 saturated carbocycles. The maximum atomic E-state index is 6.61. The lowest BCUT2D eigenvalue weighted by Gasteiger charge is -2.42. The number of ether oxygens (including phenoxy) is 2. The molecule has 3 nitrogen and oxygen atoms in total. The van der Waals surface area contributed by atoms with Gasteiger partial charge in [-0.15, -0.1) is 0 Å². The Morgan fingerprint density at radius 3 is 1.08 bits per heavy atom. The average molecular weight is 1150 g/mol. The van der Waals surface area contributed by atoms with E-state index < -0.39 is 0 Å². The molecule has 0 atom stereocenters. The molecule has 0 bridgehead atoms. The fourth-order valence-electron chi connectivity index (χ4n) is 15.8. The lowest BCUT2D eigenvalue weighted by atomic mass is 9.35. The van der Waals surface area contributed by atoms with Gasteiger partial charge in [-0.3, -0.25) is 0 Å². The standard InChI is InChI=1S/C85H63B2NO2/c1-84(2)69-29-7-5-27-63(69)83(64-28-6-8-30-70(64)84)57-45-43-55(44-46-57)65-53-68(59-24-22-26-61(52-59)87-75-35-13-19-41-81(75)90-82-42-20-14-36-76(82)87)66(56-47-49-62(50-48-56)88-77-37-15-9-31-71(77)85(3,4)72-32-10-16-38-78(72)88)54-67(65)58-23-21-25-60(51-58)86-73-33-11-17-39-79(73)89-80-40-18-12-34-74(80)86/h5-54,83H,1-4H3. The van der Waals surface area contributed by atoms with Crippen LogP contribution in [-0.4, -0.2) is 13.4 Å². The highest BCUT2D eigenvalue weighted by Gasteiger charge is 2.40. The molecule has 0 N–H and O–H groups in total. The second kappa shape index (κ2) is 21.0. The van der Waals surface area contributed by atoms with Gasteiger partial charge in [0.25, 0.3) is 13.4 Å². The van der Waals surface area contributed by atoms with Crippen LogP contribution >= 0.6 is 0 Å². The zero-order valence-corrected chi connectivity index (χ0v) is 50.9. The highest BCUT2D eigenvalue weighted by Crippen LogP contribution is 2.53. The molecule has 5 heteroatoms. The maximum Gasteiger partial charge on any atom is 0.250 e. The fourth-order valence-corrected chi connectivity index (χ4v) is 15.8. The van der Waals surface area contributed by atoms with Crippen LogP contribution in [0, 0.1) is 0 Å². The first-order valence-electron chi connectivity index (χ1n) is 31.6. The lowest BCUT2D eigenvalue weighted by molar-refractivity contribution is 0.487. The summed E-state index contributed by atoms with van der Waals surface area (Å²) >= 11 is 0. The molecule has 3 heterocycles. The molecule has 0 unspecified atom stereocenters. The van der Waals surface area contributed by atoms with Crippen molar-refractivity contribution in [2.24, 2.45) is 0 Å². The molecule has 0 saturated heterocycles. The van der Waals surface area contributed by atoms with Gasteiger partial charge in [0.2, 0.25) is 0 Å². The zero-order valence-electron chi connectivity index (χ0n) is 50.9. The van der Waals surface area contributed by atoms with Crippen molar-refractivity contribution in [1.82, 2.24) is 0 Å². The summed E-state index contributed by atoms with van der Waals surface area (Å²) in [6.45, 7) is 9.38. The van der Waals surface area contributed by atoms with Crippen LogP contribution in [0.25, 0.3) is 44.5 Å². The number of hydrogen-bond acceptors (Lipinski definition) is 3. The molecule has 0 radical (unpaired) electrons. The first-order chi connectivity index (χ1) is 44.2. The van der Waals surface area contributed by atoms with Crippen molar-refractivity contribution in [3.8, 4) is 67.5 Å². The van der Waals surface area contributed by atoms with E-state index in [1.54, 1.807) is 0 Å². The molecule has 0 aromatic heterocycles. The van der Waals surface area contributed by atoms with Gasteiger partial charge < -0.3 is 14.4 Å². The van der Waals surface area contributed by atoms with Gasteiger partial charge in [0.15, 0.2) is 0 Å². The van der Waals surface area contributed by atoms with Crippen LogP contribution in [0.4, 0.5) is 17.1 Å². The van der Waals surface area contributed by atoms with Crippen molar-refractivity contribution in [2.75, 3.05) is 4.90 Å². The average Bonchev–Trinajstić information content (AvgIpc) is 0.840. The molecule has 0 fully saturated rings. The van der Waals surface area contributed by atoms with Crippen molar-refractivity contribution in [2.45, 2.75) is 44.4 Å². The van der Waals surface area contributed by atoms with E-state index in [0.29, 0.717) is 0 Å². The summed E-state index contributed by atoms with van der Waals surface area (Å²) < 4.78 is 13.2. The number of nitrogens with zero attached hydrogens (tertiary/aromatic N) is 1. The van der Waals surface area contributed by atoms with Crippen LogP contribution in [0.5, 0.6) is 23.0 Å². The van der Waals surface area contributed by atoms with E-state index in [-0.39, 0.29) is 30.2 Å². The van der Waals surface area contributed by atoms with Crippen LogP contribution in [0.15, 0.2) is 303 Å². The van der Waals surface area contributed by atoms with E-state index in [2.05, 4.69) is 336 Å². The maximum absolute atomic E-state index is 6.61. The van der Waals surface area contributed by atoms with Crippen LogP contribution in [0.1, 0.15) is 72.6 Å². The number of benzene rings is 13. The van der Waals surface area contributed by atoms with Crippen molar-refractivity contribution in [3.63, 3.8) is 0 Å². The lowest BCUT2D eigenvalue weighted by Crippen LogP contribution is -2.54. The summed E-state index contributed by atoms with van der Waals surface area (Å²) in [5.74, 6) is 3.66. The van der Waals surface area contributed by atoms with Crippen molar-refractivity contribution >= 4 is 63.3 Å².